The van der Waals surface area contributed by atoms with Gasteiger partial charge in [0.15, 0.2) is 5.82 Å². The van der Waals surface area contributed by atoms with E-state index in [1.54, 1.807) is 6.07 Å². The van der Waals surface area contributed by atoms with Crippen LogP contribution >= 0.6 is 0 Å². The fourth-order valence-electron chi connectivity index (χ4n) is 1.74. The van der Waals surface area contributed by atoms with Gasteiger partial charge in [-0.05, 0) is 37.1 Å². The highest BCUT2D eigenvalue weighted by Crippen LogP contribution is 2.26. The third-order valence-corrected chi connectivity index (χ3v) is 3.02. The zero-order chi connectivity index (χ0) is 14.0. The molecule has 98 valence electrons. The number of carbonyl (C=O) groups excluding carboxylic acids is 1. The van der Waals surface area contributed by atoms with Crippen molar-refractivity contribution in [3.63, 3.8) is 0 Å². The summed E-state index contributed by atoms with van der Waals surface area (Å²) >= 11 is 0. The number of nitrogens with two attached hydrogens (primary N) is 1. The third-order valence-electron chi connectivity index (χ3n) is 3.02. The van der Waals surface area contributed by atoms with Crippen molar-refractivity contribution in [3.8, 4) is 0 Å². The molecule has 2 rings (SSSR count). The van der Waals surface area contributed by atoms with Gasteiger partial charge in [0, 0.05) is 6.20 Å². The van der Waals surface area contributed by atoms with E-state index in [-0.39, 0.29) is 5.56 Å². The molecular weight excluding hydrogens is 245 g/mol. The van der Waals surface area contributed by atoms with E-state index in [0.717, 1.165) is 17.3 Å². The van der Waals surface area contributed by atoms with Crippen molar-refractivity contribution in [1.82, 2.24) is 4.98 Å². The summed E-state index contributed by atoms with van der Waals surface area (Å²) in [6.07, 6.45) is 2.37. The first-order valence-corrected chi connectivity index (χ1v) is 5.77. The number of nitrogens with zero attached hydrogens (tertiary/aromatic N) is 1. The Balaban J connectivity index is 2.35. The van der Waals surface area contributed by atoms with E-state index in [9.17, 15) is 9.18 Å². The van der Waals surface area contributed by atoms with Crippen molar-refractivity contribution in [1.29, 1.82) is 0 Å². The molecule has 2 aromatic rings. The molecule has 19 heavy (non-hydrogen) atoms. The molecule has 1 heterocycles. The minimum atomic E-state index is -0.663. The highest BCUT2D eigenvalue weighted by atomic mass is 19.1. The van der Waals surface area contributed by atoms with Crippen LogP contribution in [-0.4, -0.2) is 10.9 Å². The van der Waals surface area contributed by atoms with Crippen LogP contribution in [0.5, 0.6) is 0 Å². The van der Waals surface area contributed by atoms with E-state index in [0.29, 0.717) is 11.4 Å². The normalized spacial score (nSPS) is 10.3. The summed E-state index contributed by atoms with van der Waals surface area (Å²) in [5.74, 6) is -1.20. The number of benzene rings is 1. The van der Waals surface area contributed by atoms with Crippen LogP contribution in [0.4, 0.5) is 15.8 Å². The summed E-state index contributed by atoms with van der Waals surface area (Å²) in [7, 11) is 0. The molecule has 0 atom stereocenters. The van der Waals surface area contributed by atoms with Gasteiger partial charge in [-0.1, -0.05) is 6.07 Å². The van der Waals surface area contributed by atoms with Crippen LogP contribution in [-0.2, 0) is 0 Å². The number of aryl methyl sites for hydroxylation is 1. The van der Waals surface area contributed by atoms with E-state index in [2.05, 4.69) is 10.3 Å². The molecule has 0 fully saturated rings. The lowest BCUT2D eigenvalue weighted by molar-refractivity contribution is 0.102. The van der Waals surface area contributed by atoms with Crippen molar-refractivity contribution in [2.24, 2.45) is 0 Å². The number of halogens is 1. The number of rotatable bonds is 2. The summed E-state index contributed by atoms with van der Waals surface area (Å²) in [5, 5.41) is 2.64. The average Bonchev–Trinajstić information content (AvgIpc) is 2.39. The first-order valence-electron chi connectivity index (χ1n) is 5.77. The van der Waals surface area contributed by atoms with Crippen molar-refractivity contribution in [2.45, 2.75) is 13.8 Å². The molecule has 0 aliphatic heterocycles. The number of hydrogen-bond acceptors (Lipinski definition) is 3. The van der Waals surface area contributed by atoms with Gasteiger partial charge in [-0.2, -0.15) is 0 Å². The second-order valence-electron chi connectivity index (χ2n) is 4.28. The predicted molar refractivity (Wildman–Crippen MR) is 72.5 cm³/mol. The second kappa shape index (κ2) is 5.06. The Morgan fingerprint density at radius 1 is 1.32 bits per heavy atom. The van der Waals surface area contributed by atoms with Crippen molar-refractivity contribution in [2.75, 3.05) is 11.1 Å². The fourth-order valence-corrected chi connectivity index (χ4v) is 1.74. The van der Waals surface area contributed by atoms with E-state index >= 15 is 0 Å². The molecule has 0 spiro atoms. The van der Waals surface area contributed by atoms with E-state index in [1.165, 1.54) is 12.3 Å². The Kier molecular flexibility index (Phi) is 3.46. The van der Waals surface area contributed by atoms with E-state index < -0.39 is 11.7 Å². The van der Waals surface area contributed by atoms with E-state index in [4.69, 9.17) is 5.73 Å². The predicted octanol–water partition coefficient (Wildman–Crippen LogP) is 2.67. The number of hydrogen-bond donors (Lipinski definition) is 2. The number of pyridine rings is 1. The van der Waals surface area contributed by atoms with Crippen molar-refractivity contribution < 1.29 is 9.18 Å². The van der Waals surface area contributed by atoms with Gasteiger partial charge >= 0.3 is 0 Å². The second-order valence-corrected chi connectivity index (χ2v) is 4.28. The van der Waals surface area contributed by atoms with Gasteiger partial charge in [0.25, 0.3) is 5.91 Å². The van der Waals surface area contributed by atoms with Crippen LogP contribution in [0, 0.1) is 19.7 Å². The van der Waals surface area contributed by atoms with Gasteiger partial charge in [-0.3, -0.25) is 9.78 Å². The van der Waals surface area contributed by atoms with Gasteiger partial charge < -0.3 is 11.1 Å². The van der Waals surface area contributed by atoms with Crippen molar-refractivity contribution >= 4 is 17.3 Å². The Hall–Kier alpha value is -2.43. The molecule has 3 N–H and O–H groups in total. The number of aromatic nitrogens is 1. The molecule has 1 amide bonds. The molecule has 1 aromatic heterocycles. The monoisotopic (exact) mass is 259 g/mol. The first-order chi connectivity index (χ1) is 9.00. The summed E-state index contributed by atoms with van der Waals surface area (Å²) in [6, 6.07) is 4.90. The summed E-state index contributed by atoms with van der Waals surface area (Å²) in [6.45, 7) is 3.77. The molecule has 5 heteroatoms. The average molecular weight is 259 g/mol. The SMILES string of the molecule is Cc1ccc(N)c(NC(=O)c2ccncc2F)c1C. The Labute approximate surface area is 110 Å². The maximum absolute atomic E-state index is 13.5. The molecule has 0 radical (unpaired) electrons. The molecule has 4 nitrogen and oxygen atoms in total. The summed E-state index contributed by atoms with van der Waals surface area (Å²) < 4.78 is 13.5. The van der Waals surface area contributed by atoms with Crippen LogP contribution in [0.1, 0.15) is 21.5 Å². The summed E-state index contributed by atoms with van der Waals surface area (Å²) in [5.41, 5.74) is 8.60. The zero-order valence-electron chi connectivity index (χ0n) is 10.7. The smallest absolute Gasteiger partial charge is 0.258 e. The van der Waals surface area contributed by atoms with Gasteiger partial charge in [-0.15, -0.1) is 0 Å². The standard InChI is InChI=1S/C14H14FN3O/c1-8-3-4-12(16)13(9(8)2)18-14(19)10-5-6-17-7-11(10)15/h3-7H,16H2,1-2H3,(H,18,19). The first kappa shape index (κ1) is 13.0. The zero-order valence-corrected chi connectivity index (χ0v) is 10.7. The fraction of sp³-hybridized carbons (Fsp3) is 0.143. The Bertz CT molecular complexity index is 641. The molecule has 0 aliphatic carbocycles. The maximum Gasteiger partial charge on any atom is 0.258 e. The molecule has 0 bridgehead atoms. The lowest BCUT2D eigenvalue weighted by atomic mass is 10.1. The quantitative estimate of drug-likeness (QED) is 0.815. The minimum Gasteiger partial charge on any atom is -0.397 e. The van der Waals surface area contributed by atoms with Crippen LogP contribution in [0.3, 0.4) is 0 Å². The number of nitrogens with one attached hydrogen (secondary N) is 1. The Morgan fingerprint density at radius 3 is 2.74 bits per heavy atom. The van der Waals surface area contributed by atoms with Gasteiger partial charge in [-0.25, -0.2) is 4.39 Å². The molecule has 0 saturated heterocycles. The Morgan fingerprint density at radius 2 is 2.05 bits per heavy atom. The topological polar surface area (TPSA) is 68.0 Å². The van der Waals surface area contributed by atoms with Crippen LogP contribution in [0.25, 0.3) is 0 Å². The van der Waals surface area contributed by atoms with Crippen LogP contribution in [0.2, 0.25) is 0 Å². The number of nitrogen functional groups attached to an aromatic ring is 1. The molecule has 0 unspecified atom stereocenters. The van der Waals surface area contributed by atoms with Crippen molar-refractivity contribution in [3.05, 3.63) is 53.1 Å². The van der Waals surface area contributed by atoms with Crippen LogP contribution < -0.4 is 11.1 Å². The highest BCUT2D eigenvalue weighted by molar-refractivity contribution is 6.06. The molecule has 1 aromatic carbocycles. The van der Waals surface area contributed by atoms with Gasteiger partial charge in [0.05, 0.1) is 23.1 Å². The number of carbonyl (C=O) groups is 1. The maximum atomic E-state index is 13.5. The lowest BCUT2D eigenvalue weighted by Crippen LogP contribution is -2.16. The highest BCUT2D eigenvalue weighted by Gasteiger charge is 2.14. The number of anilines is 2. The number of amides is 1. The van der Waals surface area contributed by atoms with E-state index in [1.807, 2.05) is 19.9 Å². The van der Waals surface area contributed by atoms with Crippen LogP contribution in [0.15, 0.2) is 30.6 Å². The molecule has 0 saturated carbocycles. The van der Waals surface area contributed by atoms with Gasteiger partial charge in [0.2, 0.25) is 0 Å². The molecule has 0 aliphatic rings. The lowest BCUT2D eigenvalue weighted by Gasteiger charge is -2.13. The third kappa shape index (κ3) is 2.54. The molecular formula is C14H14FN3O. The summed E-state index contributed by atoms with van der Waals surface area (Å²) in [4.78, 5) is 15.6. The van der Waals surface area contributed by atoms with Gasteiger partial charge in [0.1, 0.15) is 0 Å². The minimum absolute atomic E-state index is 0.0599. The largest absolute Gasteiger partial charge is 0.397 e.